The summed E-state index contributed by atoms with van der Waals surface area (Å²) < 4.78 is 18.0. The molecular weight excluding hydrogens is 451 g/mol. The van der Waals surface area contributed by atoms with Crippen LogP contribution >= 0.6 is 0 Å². The maximum absolute atomic E-state index is 14.7. The monoisotopic (exact) mass is 470 g/mol. The maximum atomic E-state index is 14.7. The van der Waals surface area contributed by atoms with Crippen molar-refractivity contribution in [3.63, 3.8) is 0 Å². The van der Waals surface area contributed by atoms with Crippen molar-refractivity contribution < 1.29 is 9.18 Å². The quantitative estimate of drug-likeness (QED) is 0.308. The number of carbonyl (C=O) groups is 1. The lowest BCUT2D eigenvalue weighted by molar-refractivity contribution is -0.111. The lowest BCUT2D eigenvalue weighted by Gasteiger charge is -2.14. The Morgan fingerprint density at radius 2 is 1.94 bits per heavy atom. The molecule has 0 radical (unpaired) electrons. The molecule has 11 nitrogen and oxygen atoms in total. The molecule has 0 fully saturated rings. The fourth-order valence-corrected chi connectivity index (χ4v) is 3.36. The zero-order valence-electron chi connectivity index (χ0n) is 18.5. The van der Waals surface area contributed by atoms with Crippen molar-refractivity contribution in [2.24, 2.45) is 7.05 Å². The van der Waals surface area contributed by atoms with Gasteiger partial charge in [0.1, 0.15) is 18.0 Å². The largest absolute Gasteiger partial charge is 0.337 e. The van der Waals surface area contributed by atoms with Crippen LogP contribution in [0.5, 0.6) is 0 Å². The van der Waals surface area contributed by atoms with Crippen molar-refractivity contribution in [2.75, 3.05) is 16.0 Å². The second kappa shape index (κ2) is 9.02. The molecule has 0 aliphatic heterocycles. The highest BCUT2D eigenvalue weighted by atomic mass is 19.1. The van der Waals surface area contributed by atoms with Gasteiger partial charge in [0.15, 0.2) is 5.65 Å². The Kier molecular flexibility index (Phi) is 5.59. The molecule has 0 bridgehead atoms. The minimum atomic E-state index is -0.528. The predicted octanol–water partition coefficient (Wildman–Crippen LogP) is 3.67. The topological polar surface area (TPSA) is 127 Å². The SMILES string of the molecule is C=CC(=O)Nc1ccc(F)c(Nc2nc(Nc3cnn(C)c3)ncc2-c2ccc3ncnn3c2)c1. The van der Waals surface area contributed by atoms with Crippen molar-refractivity contribution in [2.45, 2.75) is 0 Å². The van der Waals surface area contributed by atoms with Crippen molar-refractivity contribution in [3.8, 4) is 11.1 Å². The lowest BCUT2D eigenvalue weighted by Crippen LogP contribution is -2.08. The van der Waals surface area contributed by atoms with Crippen LogP contribution in [0.4, 0.5) is 33.2 Å². The minimum absolute atomic E-state index is 0.112. The van der Waals surface area contributed by atoms with Gasteiger partial charge in [-0.25, -0.2) is 18.9 Å². The fraction of sp³-hybridized carbons (Fsp3) is 0.0435. The normalized spacial score (nSPS) is 10.8. The van der Waals surface area contributed by atoms with E-state index in [2.05, 4.69) is 47.7 Å². The number of nitrogens with one attached hydrogen (secondary N) is 3. The molecule has 0 spiro atoms. The zero-order chi connectivity index (χ0) is 24.4. The molecule has 5 aromatic rings. The number of amides is 1. The maximum Gasteiger partial charge on any atom is 0.247 e. The molecule has 3 N–H and O–H groups in total. The van der Waals surface area contributed by atoms with Crippen LogP contribution in [-0.2, 0) is 11.8 Å². The van der Waals surface area contributed by atoms with Gasteiger partial charge < -0.3 is 16.0 Å². The van der Waals surface area contributed by atoms with E-state index >= 15 is 0 Å². The summed E-state index contributed by atoms with van der Waals surface area (Å²) in [7, 11) is 1.79. The number of aryl methyl sites for hydroxylation is 1. The fourth-order valence-electron chi connectivity index (χ4n) is 3.36. The van der Waals surface area contributed by atoms with E-state index in [1.165, 1.54) is 24.5 Å². The first-order valence-electron chi connectivity index (χ1n) is 10.4. The number of anilines is 5. The molecule has 5 rings (SSSR count). The van der Waals surface area contributed by atoms with Crippen LogP contribution in [-0.4, -0.2) is 40.3 Å². The third-order valence-corrected chi connectivity index (χ3v) is 5.01. The van der Waals surface area contributed by atoms with Crippen molar-refractivity contribution >= 4 is 40.4 Å². The van der Waals surface area contributed by atoms with Crippen LogP contribution in [0.15, 0.2) is 74.1 Å². The Morgan fingerprint density at radius 3 is 2.74 bits per heavy atom. The van der Waals surface area contributed by atoms with Gasteiger partial charge in [-0.3, -0.25) is 9.48 Å². The molecule has 174 valence electrons. The van der Waals surface area contributed by atoms with Gasteiger partial charge in [-0.05, 0) is 36.4 Å². The zero-order valence-corrected chi connectivity index (χ0v) is 18.5. The predicted molar refractivity (Wildman–Crippen MR) is 129 cm³/mol. The minimum Gasteiger partial charge on any atom is -0.337 e. The molecule has 12 heteroatoms. The van der Waals surface area contributed by atoms with Gasteiger partial charge in [0.2, 0.25) is 11.9 Å². The summed E-state index contributed by atoms with van der Waals surface area (Å²) in [6.07, 6.45) is 9.39. The molecule has 4 aromatic heterocycles. The Hall–Kier alpha value is -5.13. The molecule has 0 unspecified atom stereocenters. The molecule has 0 saturated carbocycles. The van der Waals surface area contributed by atoms with Crippen molar-refractivity contribution in [1.29, 1.82) is 0 Å². The van der Waals surface area contributed by atoms with Crippen LogP contribution in [0.1, 0.15) is 0 Å². The number of hydrogen-bond donors (Lipinski definition) is 3. The van der Waals surface area contributed by atoms with E-state index in [0.29, 0.717) is 28.4 Å². The Balaban J connectivity index is 1.56. The van der Waals surface area contributed by atoms with Gasteiger partial charge in [0.05, 0.1) is 17.6 Å². The Bertz CT molecular complexity index is 1560. The third kappa shape index (κ3) is 4.66. The number of benzene rings is 1. The van der Waals surface area contributed by atoms with Crippen molar-refractivity contribution in [1.82, 2.24) is 34.3 Å². The van der Waals surface area contributed by atoms with Crippen LogP contribution in [0.3, 0.4) is 0 Å². The number of aromatic nitrogens is 7. The van der Waals surface area contributed by atoms with Crippen LogP contribution < -0.4 is 16.0 Å². The molecule has 35 heavy (non-hydrogen) atoms. The molecule has 0 atom stereocenters. The second-order valence-electron chi connectivity index (χ2n) is 7.48. The summed E-state index contributed by atoms with van der Waals surface area (Å²) in [6.45, 7) is 3.43. The summed E-state index contributed by atoms with van der Waals surface area (Å²) in [5.41, 5.74) is 3.20. The third-order valence-electron chi connectivity index (χ3n) is 5.01. The highest BCUT2D eigenvalue weighted by molar-refractivity contribution is 5.99. The number of rotatable bonds is 7. The highest BCUT2D eigenvalue weighted by Crippen LogP contribution is 2.31. The van der Waals surface area contributed by atoms with Gasteiger partial charge in [-0.2, -0.15) is 15.2 Å². The molecule has 4 heterocycles. The van der Waals surface area contributed by atoms with E-state index in [0.717, 1.165) is 11.6 Å². The summed E-state index contributed by atoms with van der Waals surface area (Å²) >= 11 is 0. The molecule has 0 aliphatic carbocycles. The van der Waals surface area contributed by atoms with Gasteiger partial charge in [0.25, 0.3) is 0 Å². The van der Waals surface area contributed by atoms with E-state index in [-0.39, 0.29) is 11.6 Å². The summed E-state index contributed by atoms with van der Waals surface area (Å²) in [5.74, 6) is -0.325. The van der Waals surface area contributed by atoms with E-state index in [4.69, 9.17) is 0 Å². The molecule has 1 amide bonds. The second-order valence-corrected chi connectivity index (χ2v) is 7.48. The number of fused-ring (bicyclic) bond motifs is 1. The van der Waals surface area contributed by atoms with Gasteiger partial charge in [0, 0.05) is 42.5 Å². The standard InChI is InChI=1S/C23H19FN10O/c1-3-21(35)29-15-5-6-18(24)19(8-15)31-22-17(14-4-7-20-26-13-28-34(20)11-14)10-25-23(32-22)30-16-9-27-33(2)12-16/h3-13H,1H2,2H3,(H,29,35)(H2,25,30,31,32). The van der Waals surface area contributed by atoms with E-state index in [9.17, 15) is 9.18 Å². The number of halogens is 1. The van der Waals surface area contributed by atoms with Gasteiger partial charge in [-0.1, -0.05) is 6.58 Å². The van der Waals surface area contributed by atoms with E-state index in [1.54, 1.807) is 47.1 Å². The Morgan fingerprint density at radius 1 is 1.06 bits per heavy atom. The first-order valence-corrected chi connectivity index (χ1v) is 10.4. The smallest absolute Gasteiger partial charge is 0.247 e. The van der Waals surface area contributed by atoms with Crippen LogP contribution in [0.2, 0.25) is 0 Å². The number of carbonyl (C=O) groups excluding carboxylic acids is 1. The molecule has 0 saturated heterocycles. The lowest BCUT2D eigenvalue weighted by atomic mass is 10.1. The average molecular weight is 470 g/mol. The molecule has 0 aliphatic rings. The highest BCUT2D eigenvalue weighted by Gasteiger charge is 2.14. The molecular formula is C23H19FN10O. The summed E-state index contributed by atoms with van der Waals surface area (Å²) in [6, 6.07) is 7.82. The van der Waals surface area contributed by atoms with E-state index in [1.807, 2.05) is 6.07 Å². The van der Waals surface area contributed by atoms with Crippen molar-refractivity contribution in [3.05, 3.63) is 79.9 Å². The summed E-state index contributed by atoms with van der Waals surface area (Å²) in [5, 5.41) is 17.0. The first-order chi connectivity index (χ1) is 17.0. The van der Waals surface area contributed by atoms with Gasteiger partial charge >= 0.3 is 0 Å². The number of hydrogen-bond acceptors (Lipinski definition) is 8. The van der Waals surface area contributed by atoms with Crippen LogP contribution in [0.25, 0.3) is 16.8 Å². The summed E-state index contributed by atoms with van der Waals surface area (Å²) in [4.78, 5) is 24.8. The number of pyridine rings is 1. The Labute approximate surface area is 198 Å². The van der Waals surface area contributed by atoms with E-state index < -0.39 is 11.7 Å². The molecule has 1 aromatic carbocycles. The van der Waals surface area contributed by atoms with Crippen LogP contribution in [0, 0.1) is 5.82 Å². The van der Waals surface area contributed by atoms with Gasteiger partial charge in [-0.15, -0.1) is 0 Å². The average Bonchev–Trinajstić information content (AvgIpc) is 3.49. The number of nitrogens with zero attached hydrogens (tertiary/aromatic N) is 7. The first kappa shape index (κ1) is 21.7.